The summed E-state index contributed by atoms with van der Waals surface area (Å²) in [5.74, 6) is 0. The smallest absolute Gasteiger partial charge is 0.258 e. The second-order valence-electron chi connectivity index (χ2n) is 5.00. The third-order valence-corrected chi connectivity index (χ3v) is 3.42. The average Bonchev–Trinajstić information content (AvgIpc) is 2.61. The number of nitrogens with zero attached hydrogens (tertiary/aromatic N) is 2. The van der Waals surface area contributed by atoms with Gasteiger partial charge in [-0.3, -0.25) is 10.1 Å². The number of benzene rings is 3. The van der Waals surface area contributed by atoms with Gasteiger partial charge in [0.1, 0.15) is 5.69 Å². The standard InChI is InChI=1S/C19H14N2O2/c22-21(23)19-12-5-4-11-18(19)20-14-15-7-6-10-17(13-15)16-8-2-1-3-9-16/h1-14H. The molecule has 0 spiro atoms. The molecular weight excluding hydrogens is 288 g/mol. The van der Waals surface area contributed by atoms with Crippen LogP contribution in [-0.2, 0) is 0 Å². The number of hydrogen-bond donors (Lipinski definition) is 0. The van der Waals surface area contributed by atoms with Crippen LogP contribution >= 0.6 is 0 Å². The maximum Gasteiger partial charge on any atom is 0.294 e. The van der Waals surface area contributed by atoms with Gasteiger partial charge in [0, 0.05) is 12.3 Å². The van der Waals surface area contributed by atoms with E-state index >= 15 is 0 Å². The van der Waals surface area contributed by atoms with Crippen LogP contribution in [0.15, 0.2) is 83.9 Å². The van der Waals surface area contributed by atoms with E-state index in [0.717, 1.165) is 16.7 Å². The first kappa shape index (κ1) is 14.7. The molecule has 0 aromatic heterocycles. The van der Waals surface area contributed by atoms with E-state index in [-0.39, 0.29) is 5.69 Å². The van der Waals surface area contributed by atoms with Gasteiger partial charge in [0.15, 0.2) is 0 Å². The number of para-hydroxylation sites is 2. The third-order valence-electron chi connectivity index (χ3n) is 3.42. The topological polar surface area (TPSA) is 55.5 Å². The number of nitro groups is 1. The van der Waals surface area contributed by atoms with Crippen LogP contribution < -0.4 is 0 Å². The zero-order chi connectivity index (χ0) is 16.1. The molecule has 0 saturated heterocycles. The lowest BCUT2D eigenvalue weighted by Gasteiger charge is -2.02. The first-order valence-corrected chi connectivity index (χ1v) is 7.17. The molecule has 4 heteroatoms. The first-order chi connectivity index (χ1) is 11.2. The number of hydrogen-bond acceptors (Lipinski definition) is 3. The molecule has 3 aromatic carbocycles. The summed E-state index contributed by atoms with van der Waals surface area (Å²) in [5.41, 5.74) is 3.45. The Morgan fingerprint density at radius 2 is 1.52 bits per heavy atom. The molecule has 0 bridgehead atoms. The molecule has 0 unspecified atom stereocenters. The van der Waals surface area contributed by atoms with Gasteiger partial charge in [-0.2, -0.15) is 0 Å². The van der Waals surface area contributed by atoms with Gasteiger partial charge in [-0.15, -0.1) is 0 Å². The summed E-state index contributed by atoms with van der Waals surface area (Å²) < 4.78 is 0. The largest absolute Gasteiger partial charge is 0.294 e. The summed E-state index contributed by atoms with van der Waals surface area (Å²) >= 11 is 0. The van der Waals surface area contributed by atoms with Gasteiger partial charge in [0.2, 0.25) is 0 Å². The fourth-order valence-electron chi connectivity index (χ4n) is 2.30. The fraction of sp³-hybridized carbons (Fsp3) is 0. The molecule has 0 atom stereocenters. The summed E-state index contributed by atoms with van der Waals surface area (Å²) in [6.07, 6.45) is 1.65. The van der Waals surface area contributed by atoms with E-state index in [1.54, 1.807) is 24.4 Å². The Balaban J connectivity index is 1.91. The number of rotatable bonds is 4. The van der Waals surface area contributed by atoms with Gasteiger partial charge in [-0.1, -0.05) is 60.7 Å². The highest BCUT2D eigenvalue weighted by atomic mass is 16.6. The quantitative estimate of drug-likeness (QED) is 0.386. The SMILES string of the molecule is O=[N+]([O-])c1ccccc1N=Cc1cccc(-c2ccccc2)c1. The molecule has 112 valence electrons. The zero-order valence-electron chi connectivity index (χ0n) is 12.3. The van der Waals surface area contributed by atoms with Crippen molar-refractivity contribution in [2.75, 3.05) is 0 Å². The van der Waals surface area contributed by atoms with Crippen LogP contribution in [-0.4, -0.2) is 11.1 Å². The van der Waals surface area contributed by atoms with Gasteiger partial charge < -0.3 is 0 Å². The Morgan fingerprint density at radius 3 is 2.30 bits per heavy atom. The second-order valence-corrected chi connectivity index (χ2v) is 5.00. The van der Waals surface area contributed by atoms with Crippen LogP contribution in [0.2, 0.25) is 0 Å². The molecule has 0 aliphatic carbocycles. The molecule has 0 aliphatic rings. The average molecular weight is 302 g/mol. The maximum atomic E-state index is 11.0. The molecule has 0 radical (unpaired) electrons. The van der Waals surface area contributed by atoms with Crippen molar-refractivity contribution in [1.82, 2.24) is 0 Å². The Kier molecular flexibility index (Phi) is 4.25. The second kappa shape index (κ2) is 6.66. The molecule has 4 nitrogen and oxygen atoms in total. The van der Waals surface area contributed by atoms with Crippen molar-refractivity contribution in [3.05, 3.63) is 94.5 Å². The Hall–Kier alpha value is -3.27. The van der Waals surface area contributed by atoms with E-state index < -0.39 is 4.92 Å². The van der Waals surface area contributed by atoms with E-state index in [0.29, 0.717) is 5.69 Å². The van der Waals surface area contributed by atoms with Crippen molar-refractivity contribution < 1.29 is 4.92 Å². The highest BCUT2D eigenvalue weighted by Crippen LogP contribution is 2.26. The van der Waals surface area contributed by atoms with Crippen molar-refractivity contribution >= 4 is 17.6 Å². The van der Waals surface area contributed by atoms with Crippen molar-refractivity contribution in [3.8, 4) is 11.1 Å². The van der Waals surface area contributed by atoms with Crippen molar-refractivity contribution in [1.29, 1.82) is 0 Å². The summed E-state index contributed by atoms with van der Waals surface area (Å²) in [7, 11) is 0. The first-order valence-electron chi connectivity index (χ1n) is 7.17. The Labute approximate surface area is 133 Å². The van der Waals surface area contributed by atoms with Crippen LogP contribution in [0.3, 0.4) is 0 Å². The minimum absolute atomic E-state index is 0.00274. The molecule has 0 aliphatic heterocycles. The minimum atomic E-state index is -0.424. The highest BCUT2D eigenvalue weighted by molar-refractivity contribution is 5.85. The van der Waals surface area contributed by atoms with Crippen LogP contribution in [0, 0.1) is 10.1 Å². The van der Waals surface area contributed by atoms with Crippen molar-refractivity contribution in [2.45, 2.75) is 0 Å². The molecule has 0 amide bonds. The van der Waals surface area contributed by atoms with Crippen LogP contribution in [0.5, 0.6) is 0 Å². The summed E-state index contributed by atoms with van der Waals surface area (Å²) in [4.78, 5) is 14.8. The number of nitro benzene ring substituents is 1. The molecular formula is C19H14N2O2. The Morgan fingerprint density at radius 1 is 0.826 bits per heavy atom. The van der Waals surface area contributed by atoms with Gasteiger partial charge >= 0.3 is 0 Å². The van der Waals surface area contributed by atoms with Crippen LogP contribution in [0.1, 0.15) is 5.56 Å². The minimum Gasteiger partial charge on any atom is -0.258 e. The maximum absolute atomic E-state index is 11.0. The van der Waals surface area contributed by atoms with Crippen molar-refractivity contribution in [2.24, 2.45) is 4.99 Å². The van der Waals surface area contributed by atoms with Gasteiger partial charge in [-0.05, 0) is 28.8 Å². The lowest BCUT2D eigenvalue weighted by molar-refractivity contribution is -0.384. The fourth-order valence-corrected chi connectivity index (χ4v) is 2.30. The van der Waals surface area contributed by atoms with E-state index in [1.807, 2.05) is 54.6 Å². The van der Waals surface area contributed by atoms with Gasteiger partial charge in [0.05, 0.1) is 4.92 Å². The van der Waals surface area contributed by atoms with E-state index in [2.05, 4.69) is 4.99 Å². The summed E-state index contributed by atoms with van der Waals surface area (Å²) in [5, 5.41) is 11.0. The molecule has 0 N–H and O–H groups in total. The predicted octanol–water partition coefficient (Wildman–Crippen LogP) is 5.01. The molecule has 0 fully saturated rings. The summed E-state index contributed by atoms with van der Waals surface area (Å²) in [6, 6.07) is 24.4. The molecule has 0 heterocycles. The predicted molar refractivity (Wildman–Crippen MR) is 92.2 cm³/mol. The third kappa shape index (κ3) is 3.49. The lowest BCUT2D eigenvalue weighted by atomic mass is 10.0. The van der Waals surface area contributed by atoms with Crippen molar-refractivity contribution in [3.63, 3.8) is 0 Å². The van der Waals surface area contributed by atoms with Gasteiger partial charge in [0.25, 0.3) is 5.69 Å². The molecule has 3 aromatic rings. The lowest BCUT2D eigenvalue weighted by Crippen LogP contribution is -1.88. The monoisotopic (exact) mass is 302 g/mol. The molecule has 3 rings (SSSR count). The zero-order valence-corrected chi connectivity index (χ0v) is 12.3. The van der Waals surface area contributed by atoms with E-state index in [4.69, 9.17) is 0 Å². The number of aliphatic imine (C=N–C) groups is 1. The Bertz CT molecular complexity index is 858. The summed E-state index contributed by atoms with van der Waals surface area (Å²) in [6.45, 7) is 0. The normalized spacial score (nSPS) is 10.8. The van der Waals surface area contributed by atoms with Crippen LogP contribution in [0.25, 0.3) is 11.1 Å². The van der Waals surface area contributed by atoms with E-state index in [9.17, 15) is 10.1 Å². The highest BCUT2D eigenvalue weighted by Gasteiger charge is 2.10. The van der Waals surface area contributed by atoms with Gasteiger partial charge in [-0.25, -0.2) is 4.99 Å². The van der Waals surface area contributed by atoms with E-state index in [1.165, 1.54) is 6.07 Å². The molecule has 23 heavy (non-hydrogen) atoms. The molecule has 0 saturated carbocycles. The van der Waals surface area contributed by atoms with Crippen LogP contribution in [0.4, 0.5) is 11.4 Å².